The minimum absolute atomic E-state index is 0.0542. The molecule has 1 amide bonds. The minimum atomic E-state index is 0.0542. The van der Waals surface area contributed by atoms with Gasteiger partial charge in [-0.2, -0.15) is 5.10 Å². The van der Waals surface area contributed by atoms with E-state index in [9.17, 15) is 4.79 Å². The number of hydrogen-bond acceptors (Lipinski definition) is 5. The lowest BCUT2D eigenvalue weighted by molar-refractivity contribution is -0.199. The van der Waals surface area contributed by atoms with Crippen molar-refractivity contribution >= 4 is 5.91 Å². The van der Waals surface area contributed by atoms with Crippen LogP contribution in [0.15, 0.2) is 12.4 Å². The maximum atomic E-state index is 12.3. The Labute approximate surface area is 142 Å². The number of carbonyl (C=O) groups is 1. The van der Waals surface area contributed by atoms with Crippen molar-refractivity contribution in [2.24, 2.45) is 13.0 Å². The fourth-order valence-corrected chi connectivity index (χ4v) is 4.11. The molecule has 1 aromatic rings. The fourth-order valence-electron chi connectivity index (χ4n) is 4.11. The van der Waals surface area contributed by atoms with Crippen LogP contribution in [-0.4, -0.2) is 64.1 Å². The molecule has 0 N–H and O–H groups in total. The first-order valence-corrected chi connectivity index (χ1v) is 8.96. The van der Waals surface area contributed by atoms with E-state index in [2.05, 4.69) is 16.2 Å². The van der Waals surface area contributed by atoms with Gasteiger partial charge in [-0.1, -0.05) is 0 Å². The van der Waals surface area contributed by atoms with Crippen molar-refractivity contribution in [3.05, 3.63) is 18.0 Å². The van der Waals surface area contributed by atoms with Crippen LogP contribution in [0.3, 0.4) is 0 Å². The predicted octanol–water partition coefficient (Wildman–Crippen LogP) is 0.953. The average Bonchev–Trinajstić information content (AvgIpc) is 3.23. The summed E-state index contributed by atoms with van der Waals surface area (Å²) in [5.74, 6) is 0.619. The van der Waals surface area contributed by atoms with Crippen molar-refractivity contribution in [2.45, 2.75) is 44.4 Å². The van der Waals surface area contributed by atoms with Gasteiger partial charge >= 0.3 is 0 Å². The molecule has 0 saturated carbocycles. The Balaban J connectivity index is 1.24. The van der Waals surface area contributed by atoms with E-state index >= 15 is 0 Å². The Morgan fingerprint density at radius 1 is 1.38 bits per heavy atom. The SMILES string of the molecule is Cn1cc(CN2C[C@@H]3C[C@H](CC(=O)N4CCCCO4)O[C@@H]3C2)cn1. The van der Waals surface area contributed by atoms with Crippen molar-refractivity contribution < 1.29 is 14.4 Å². The highest BCUT2D eigenvalue weighted by atomic mass is 16.7. The summed E-state index contributed by atoms with van der Waals surface area (Å²) in [6, 6.07) is 0. The second-order valence-electron chi connectivity index (χ2n) is 7.25. The molecule has 4 heterocycles. The predicted molar refractivity (Wildman–Crippen MR) is 86.8 cm³/mol. The molecular weight excluding hydrogens is 308 g/mol. The van der Waals surface area contributed by atoms with Gasteiger partial charge in [0, 0.05) is 50.9 Å². The zero-order valence-electron chi connectivity index (χ0n) is 14.3. The highest BCUT2D eigenvalue weighted by Crippen LogP contribution is 2.35. The van der Waals surface area contributed by atoms with E-state index in [0.29, 0.717) is 18.9 Å². The van der Waals surface area contributed by atoms with Crippen molar-refractivity contribution in [1.29, 1.82) is 0 Å². The molecule has 3 aliphatic heterocycles. The number of amides is 1. The van der Waals surface area contributed by atoms with Crippen molar-refractivity contribution in [1.82, 2.24) is 19.7 Å². The highest BCUT2D eigenvalue weighted by molar-refractivity contribution is 5.75. The van der Waals surface area contributed by atoms with Crippen LogP contribution in [0.25, 0.3) is 0 Å². The molecule has 3 saturated heterocycles. The molecule has 0 bridgehead atoms. The number of nitrogens with zero attached hydrogens (tertiary/aromatic N) is 4. The van der Waals surface area contributed by atoms with Gasteiger partial charge in [-0.15, -0.1) is 0 Å². The molecule has 0 radical (unpaired) electrons. The third-order valence-electron chi connectivity index (χ3n) is 5.24. The van der Waals surface area contributed by atoms with Crippen molar-refractivity contribution in [3.8, 4) is 0 Å². The van der Waals surface area contributed by atoms with Crippen LogP contribution in [0, 0.1) is 5.92 Å². The van der Waals surface area contributed by atoms with Crippen molar-refractivity contribution in [3.63, 3.8) is 0 Å². The number of hydroxylamine groups is 2. The monoisotopic (exact) mass is 334 g/mol. The van der Waals surface area contributed by atoms with E-state index in [1.165, 1.54) is 10.6 Å². The standard InChI is InChI=1S/C17H26N4O3/c1-19-9-13(8-18-19)10-20-11-14-6-15(24-16(14)12-20)7-17(22)21-4-2-3-5-23-21/h8-9,14-16H,2-7,10-12H2,1H3/t14-,15+,16+/m0/s1. The molecule has 3 fully saturated rings. The van der Waals surface area contributed by atoms with Gasteiger partial charge in [0.25, 0.3) is 0 Å². The fraction of sp³-hybridized carbons (Fsp3) is 0.765. The molecule has 1 aromatic heterocycles. The number of carbonyl (C=O) groups excluding carboxylic acids is 1. The molecule has 7 nitrogen and oxygen atoms in total. The van der Waals surface area contributed by atoms with Gasteiger partial charge in [0.2, 0.25) is 5.91 Å². The summed E-state index contributed by atoms with van der Waals surface area (Å²) in [6.07, 6.45) is 7.82. The molecule has 24 heavy (non-hydrogen) atoms. The van der Waals surface area contributed by atoms with E-state index < -0.39 is 0 Å². The average molecular weight is 334 g/mol. The third-order valence-corrected chi connectivity index (χ3v) is 5.24. The largest absolute Gasteiger partial charge is 0.373 e. The maximum Gasteiger partial charge on any atom is 0.248 e. The van der Waals surface area contributed by atoms with Gasteiger partial charge in [0.05, 0.1) is 31.4 Å². The zero-order valence-corrected chi connectivity index (χ0v) is 14.3. The third kappa shape index (κ3) is 3.48. The summed E-state index contributed by atoms with van der Waals surface area (Å²) in [5.41, 5.74) is 1.24. The van der Waals surface area contributed by atoms with Crippen LogP contribution in [0.2, 0.25) is 0 Å². The Hall–Kier alpha value is -1.44. The number of rotatable bonds is 4. The second kappa shape index (κ2) is 6.82. The first-order chi connectivity index (χ1) is 11.7. The van der Waals surface area contributed by atoms with Crippen LogP contribution in [-0.2, 0) is 28.0 Å². The molecule has 7 heteroatoms. The summed E-state index contributed by atoms with van der Waals surface area (Å²) in [4.78, 5) is 20.2. The Bertz CT molecular complexity index is 570. The first kappa shape index (κ1) is 16.1. The molecule has 0 aliphatic carbocycles. The molecule has 0 spiro atoms. The Morgan fingerprint density at radius 3 is 3.00 bits per heavy atom. The Kier molecular flexibility index (Phi) is 4.56. The van der Waals surface area contributed by atoms with E-state index in [4.69, 9.17) is 9.57 Å². The summed E-state index contributed by atoms with van der Waals surface area (Å²) in [5, 5.41) is 5.76. The highest BCUT2D eigenvalue weighted by Gasteiger charge is 2.42. The quantitative estimate of drug-likeness (QED) is 0.821. The lowest BCUT2D eigenvalue weighted by atomic mass is 10.0. The Morgan fingerprint density at radius 2 is 2.29 bits per heavy atom. The van der Waals surface area contributed by atoms with Gasteiger partial charge in [-0.3, -0.25) is 19.2 Å². The van der Waals surface area contributed by atoms with Crippen molar-refractivity contribution in [2.75, 3.05) is 26.2 Å². The van der Waals surface area contributed by atoms with Gasteiger partial charge in [-0.05, 0) is 19.3 Å². The number of hydrogen-bond donors (Lipinski definition) is 0. The number of likely N-dealkylation sites (tertiary alicyclic amines) is 1. The maximum absolute atomic E-state index is 12.3. The lowest BCUT2D eigenvalue weighted by Crippen LogP contribution is -2.37. The number of fused-ring (bicyclic) bond motifs is 1. The number of aromatic nitrogens is 2. The smallest absolute Gasteiger partial charge is 0.248 e. The molecular formula is C17H26N4O3. The topological polar surface area (TPSA) is 59.8 Å². The van der Waals surface area contributed by atoms with E-state index in [0.717, 1.165) is 45.4 Å². The minimum Gasteiger partial charge on any atom is -0.373 e. The second-order valence-corrected chi connectivity index (χ2v) is 7.25. The molecule has 3 aliphatic rings. The molecule has 4 rings (SSSR count). The molecule has 0 aromatic carbocycles. The molecule has 3 atom stereocenters. The van der Waals surface area contributed by atoms with Gasteiger partial charge in [0.15, 0.2) is 0 Å². The van der Waals surface area contributed by atoms with Crippen LogP contribution < -0.4 is 0 Å². The van der Waals surface area contributed by atoms with Crippen LogP contribution in [0.5, 0.6) is 0 Å². The first-order valence-electron chi connectivity index (χ1n) is 8.96. The zero-order chi connectivity index (χ0) is 16.5. The van der Waals surface area contributed by atoms with Crippen LogP contribution >= 0.6 is 0 Å². The van der Waals surface area contributed by atoms with Gasteiger partial charge in [0.1, 0.15) is 0 Å². The number of ether oxygens (including phenoxy) is 1. The number of aryl methyl sites for hydroxylation is 1. The lowest BCUT2D eigenvalue weighted by Gasteiger charge is -2.27. The summed E-state index contributed by atoms with van der Waals surface area (Å²) >= 11 is 0. The normalized spacial score (nSPS) is 30.7. The summed E-state index contributed by atoms with van der Waals surface area (Å²) in [7, 11) is 1.94. The van der Waals surface area contributed by atoms with Gasteiger partial charge < -0.3 is 4.74 Å². The molecule has 0 unspecified atom stereocenters. The van der Waals surface area contributed by atoms with E-state index in [-0.39, 0.29) is 18.1 Å². The van der Waals surface area contributed by atoms with E-state index in [1.807, 2.05) is 17.9 Å². The summed E-state index contributed by atoms with van der Waals surface area (Å²) in [6.45, 7) is 4.30. The van der Waals surface area contributed by atoms with Crippen LogP contribution in [0.4, 0.5) is 0 Å². The van der Waals surface area contributed by atoms with Gasteiger partial charge in [-0.25, -0.2) is 5.06 Å². The molecule has 132 valence electrons. The van der Waals surface area contributed by atoms with E-state index in [1.54, 1.807) is 0 Å². The van der Waals surface area contributed by atoms with Crippen LogP contribution in [0.1, 0.15) is 31.2 Å². The summed E-state index contributed by atoms with van der Waals surface area (Å²) < 4.78 is 7.99.